The molecule has 1 aliphatic rings. The summed E-state index contributed by atoms with van der Waals surface area (Å²) in [5.41, 5.74) is 0.712. The second-order valence-electron chi connectivity index (χ2n) is 6.27. The molecule has 0 radical (unpaired) electrons. The highest BCUT2D eigenvalue weighted by atomic mass is 16.5. The molecule has 3 N–H and O–H groups in total. The van der Waals surface area contributed by atoms with E-state index >= 15 is 0 Å². The zero-order valence-corrected chi connectivity index (χ0v) is 14.1. The van der Waals surface area contributed by atoms with Crippen LogP contribution in [0.2, 0.25) is 0 Å². The Hall–Kier alpha value is -2.70. The molecule has 0 aliphatic heterocycles. The molecule has 25 heavy (non-hydrogen) atoms. The van der Waals surface area contributed by atoms with Gasteiger partial charge in [-0.3, -0.25) is 4.79 Å². The Morgan fingerprint density at radius 3 is 2.64 bits per heavy atom. The highest BCUT2D eigenvalue weighted by Crippen LogP contribution is 2.32. The number of ether oxygens (including phenoxy) is 1. The van der Waals surface area contributed by atoms with Crippen LogP contribution in [0.3, 0.4) is 0 Å². The van der Waals surface area contributed by atoms with Crippen molar-refractivity contribution in [2.45, 2.75) is 38.3 Å². The number of carbonyl (C=O) groups excluding carboxylic acids is 1. The van der Waals surface area contributed by atoms with Crippen molar-refractivity contribution in [1.29, 1.82) is 0 Å². The fraction of sp³-hybridized carbons (Fsp3) is 0.444. The molecule has 0 unspecified atom stereocenters. The van der Waals surface area contributed by atoms with Gasteiger partial charge in [-0.15, -0.1) is 0 Å². The minimum atomic E-state index is -0.750. The number of hydrogen-bond acceptors (Lipinski definition) is 4. The molecule has 134 valence electrons. The first-order valence-corrected chi connectivity index (χ1v) is 8.40. The number of methoxy groups -OCH3 is 1. The number of carboxylic acids is 1. The molecule has 2 amide bonds. The minimum absolute atomic E-state index is 0.00756. The van der Waals surface area contributed by atoms with E-state index in [0.29, 0.717) is 42.8 Å². The van der Waals surface area contributed by atoms with Gasteiger partial charge in [-0.05, 0) is 37.8 Å². The lowest BCUT2D eigenvalue weighted by Gasteiger charge is -2.26. The van der Waals surface area contributed by atoms with Gasteiger partial charge in [-0.25, -0.2) is 4.79 Å². The summed E-state index contributed by atoms with van der Waals surface area (Å²) in [6, 6.07) is 7.25. The standard InChI is InChI=1S/C18H22N2O5/c1-24-16-13-4-2-3-5-14(13)25-15(16)10-19-18(23)20-12-8-6-11(7-9-12)17(21)22/h2-5,11-12H,6-10H2,1H3,(H,21,22)(H2,19,20,23). The number of benzene rings is 1. The molecular weight excluding hydrogens is 324 g/mol. The summed E-state index contributed by atoms with van der Waals surface area (Å²) in [6.07, 6.45) is 2.55. The number of amides is 2. The molecular formula is C18H22N2O5. The van der Waals surface area contributed by atoms with Crippen LogP contribution >= 0.6 is 0 Å². The Bertz CT molecular complexity index is 762. The zero-order valence-electron chi connectivity index (χ0n) is 14.1. The molecule has 0 atom stereocenters. The summed E-state index contributed by atoms with van der Waals surface area (Å²) in [5, 5.41) is 15.5. The minimum Gasteiger partial charge on any atom is -0.492 e. The van der Waals surface area contributed by atoms with Crippen LogP contribution in [0.5, 0.6) is 5.75 Å². The van der Waals surface area contributed by atoms with Crippen molar-refractivity contribution in [2.75, 3.05) is 7.11 Å². The van der Waals surface area contributed by atoms with E-state index in [4.69, 9.17) is 14.3 Å². The predicted octanol–water partition coefficient (Wildman–Crippen LogP) is 2.88. The van der Waals surface area contributed by atoms with Crippen LogP contribution in [0, 0.1) is 5.92 Å². The van der Waals surface area contributed by atoms with Gasteiger partial charge in [-0.2, -0.15) is 0 Å². The highest BCUT2D eigenvalue weighted by molar-refractivity contribution is 5.85. The van der Waals surface area contributed by atoms with E-state index in [-0.39, 0.29) is 24.5 Å². The molecule has 2 aromatic rings. The molecule has 1 heterocycles. The predicted molar refractivity (Wildman–Crippen MR) is 91.5 cm³/mol. The Balaban J connectivity index is 1.54. The zero-order chi connectivity index (χ0) is 17.8. The summed E-state index contributed by atoms with van der Waals surface area (Å²) in [7, 11) is 1.57. The third-order valence-electron chi connectivity index (χ3n) is 4.64. The lowest BCUT2D eigenvalue weighted by Crippen LogP contribution is -2.43. The number of rotatable bonds is 5. The summed E-state index contributed by atoms with van der Waals surface area (Å²) < 4.78 is 11.1. The lowest BCUT2D eigenvalue weighted by atomic mass is 9.86. The van der Waals surface area contributed by atoms with E-state index < -0.39 is 5.97 Å². The number of carboxylic acid groups (broad SMARTS) is 1. The summed E-state index contributed by atoms with van der Waals surface area (Å²) in [6.45, 7) is 0.216. The van der Waals surface area contributed by atoms with Gasteiger partial charge in [-0.1, -0.05) is 12.1 Å². The number of furan rings is 1. The van der Waals surface area contributed by atoms with Crippen LogP contribution in [0.4, 0.5) is 4.79 Å². The topological polar surface area (TPSA) is 101 Å². The molecule has 0 spiro atoms. The first-order valence-electron chi connectivity index (χ1n) is 8.40. The van der Waals surface area contributed by atoms with Crippen molar-refractivity contribution >= 4 is 23.0 Å². The van der Waals surface area contributed by atoms with E-state index in [1.54, 1.807) is 7.11 Å². The largest absolute Gasteiger partial charge is 0.492 e. The van der Waals surface area contributed by atoms with Crippen molar-refractivity contribution in [3.63, 3.8) is 0 Å². The number of hydrogen-bond donors (Lipinski definition) is 3. The third-order valence-corrected chi connectivity index (χ3v) is 4.64. The molecule has 1 saturated carbocycles. The number of urea groups is 1. The number of para-hydroxylation sites is 1. The Morgan fingerprint density at radius 1 is 1.24 bits per heavy atom. The number of carbonyl (C=O) groups is 2. The van der Waals surface area contributed by atoms with Crippen molar-refractivity contribution in [1.82, 2.24) is 10.6 Å². The van der Waals surface area contributed by atoms with Gasteiger partial charge < -0.3 is 24.9 Å². The number of aliphatic carboxylic acids is 1. The average Bonchev–Trinajstić information content (AvgIpc) is 2.98. The molecule has 7 heteroatoms. The summed E-state index contributed by atoms with van der Waals surface area (Å²) in [5.74, 6) is 0.145. The molecule has 1 fully saturated rings. The normalized spacial score (nSPS) is 20.2. The van der Waals surface area contributed by atoms with Gasteiger partial charge in [0.25, 0.3) is 0 Å². The van der Waals surface area contributed by atoms with Crippen molar-refractivity contribution in [3.05, 3.63) is 30.0 Å². The fourth-order valence-corrected chi connectivity index (χ4v) is 3.29. The van der Waals surface area contributed by atoms with Crippen LogP contribution < -0.4 is 15.4 Å². The molecule has 1 aromatic heterocycles. The van der Waals surface area contributed by atoms with Gasteiger partial charge in [0.05, 0.1) is 25.0 Å². The first kappa shape index (κ1) is 17.1. The van der Waals surface area contributed by atoms with Crippen LogP contribution in [0.25, 0.3) is 11.0 Å². The van der Waals surface area contributed by atoms with Crippen LogP contribution in [-0.4, -0.2) is 30.3 Å². The Labute approximate surface area is 145 Å². The summed E-state index contributed by atoms with van der Waals surface area (Å²) in [4.78, 5) is 23.0. The summed E-state index contributed by atoms with van der Waals surface area (Å²) >= 11 is 0. The van der Waals surface area contributed by atoms with Crippen molar-refractivity contribution in [2.24, 2.45) is 5.92 Å². The Kier molecular flexibility index (Phi) is 5.11. The van der Waals surface area contributed by atoms with E-state index in [0.717, 1.165) is 5.39 Å². The maximum absolute atomic E-state index is 12.1. The second kappa shape index (κ2) is 7.46. The van der Waals surface area contributed by atoms with Crippen LogP contribution in [0.1, 0.15) is 31.4 Å². The molecule has 1 aromatic carbocycles. The van der Waals surface area contributed by atoms with E-state index in [2.05, 4.69) is 10.6 Å². The lowest BCUT2D eigenvalue weighted by molar-refractivity contribution is -0.142. The highest BCUT2D eigenvalue weighted by Gasteiger charge is 2.26. The van der Waals surface area contributed by atoms with Gasteiger partial charge in [0, 0.05) is 6.04 Å². The smallest absolute Gasteiger partial charge is 0.315 e. The second-order valence-corrected chi connectivity index (χ2v) is 6.27. The van der Waals surface area contributed by atoms with Gasteiger partial charge in [0.1, 0.15) is 5.58 Å². The molecule has 3 rings (SSSR count). The monoisotopic (exact) mass is 346 g/mol. The average molecular weight is 346 g/mol. The maximum atomic E-state index is 12.1. The maximum Gasteiger partial charge on any atom is 0.315 e. The first-order chi connectivity index (χ1) is 12.1. The van der Waals surface area contributed by atoms with Crippen molar-refractivity contribution < 1.29 is 23.8 Å². The van der Waals surface area contributed by atoms with E-state index in [9.17, 15) is 9.59 Å². The number of fused-ring (bicyclic) bond motifs is 1. The molecule has 1 aliphatic carbocycles. The quantitative estimate of drug-likeness (QED) is 0.773. The Morgan fingerprint density at radius 2 is 1.96 bits per heavy atom. The van der Waals surface area contributed by atoms with Gasteiger partial charge >= 0.3 is 12.0 Å². The molecule has 0 bridgehead atoms. The third kappa shape index (κ3) is 3.87. The van der Waals surface area contributed by atoms with Gasteiger partial charge in [0.15, 0.2) is 11.5 Å². The van der Waals surface area contributed by atoms with Gasteiger partial charge in [0.2, 0.25) is 0 Å². The SMILES string of the molecule is COc1c(CNC(=O)NC2CCC(C(=O)O)CC2)oc2ccccc12. The van der Waals surface area contributed by atoms with E-state index in [1.165, 1.54) is 0 Å². The van der Waals surface area contributed by atoms with Crippen LogP contribution in [0.15, 0.2) is 28.7 Å². The van der Waals surface area contributed by atoms with Crippen molar-refractivity contribution in [3.8, 4) is 5.75 Å². The number of nitrogens with one attached hydrogen (secondary N) is 2. The van der Waals surface area contributed by atoms with E-state index in [1.807, 2.05) is 24.3 Å². The fourth-order valence-electron chi connectivity index (χ4n) is 3.29. The molecule has 0 saturated heterocycles. The van der Waals surface area contributed by atoms with Crippen LogP contribution in [-0.2, 0) is 11.3 Å². The molecule has 7 nitrogen and oxygen atoms in total.